The van der Waals surface area contributed by atoms with Gasteiger partial charge in [0.15, 0.2) is 5.13 Å². The number of sulfonamides is 1. The summed E-state index contributed by atoms with van der Waals surface area (Å²) in [6.45, 7) is 1.15. The minimum atomic E-state index is -3.46. The Bertz CT molecular complexity index is 1020. The zero-order valence-corrected chi connectivity index (χ0v) is 17.1. The molecule has 1 aromatic heterocycles. The van der Waals surface area contributed by atoms with Crippen molar-refractivity contribution in [3.8, 4) is 11.3 Å². The third-order valence-electron chi connectivity index (χ3n) is 5.25. The van der Waals surface area contributed by atoms with Gasteiger partial charge in [-0.25, -0.2) is 13.4 Å². The first-order valence-electron chi connectivity index (χ1n) is 9.38. The molecule has 7 heteroatoms. The Morgan fingerprint density at radius 2 is 1.71 bits per heavy atom. The average Bonchev–Trinajstić information content (AvgIpc) is 3.16. The summed E-state index contributed by atoms with van der Waals surface area (Å²) in [6.07, 6.45) is 2.80. The number of rotatable bonds is 5. The number of piperidine rings is 1. The van der Waals surface area contributed by atoms with Gasteiger partial charge in [0.1, 0.15) is 0 Å². The molecule has 0 radical (unpaired) electrons. The molecule has 2 N–H and O–H groups in total. The van der Waals surface area contributed by atoms with Gasteiger partial charge >= 0.3 is 0 Å². The fourth-order valence-electron chi connectivity index (χ4n) is 3.67. The molecule has 1 saturated heterocycles. The van der Waals surface area contributed by atoms with Gasteiger partial charge < -0.3 is 5.73 Å². The standard InChI is InChI=1S/C21H23N3O2S2/c22-21-23-20(15-27-21)18-6-8-19(9-7-18)28(25,26)24-12-10-17(11-13-24)14-16-4-2-1-3-5-16/h1-9,15,17H,10-14H2,(H2,22,23). The minimum absolute atomic E-state index is 0.334. The molecule has 0 unspecified atom stereocenters. The van der Waals surface area contributed by atoms with Gasteiger partial charge in [0.05, 0.1) is 10.6 Å². The van der Waals surface area contributed by atoms with Crippen molar-refractivity contribution in [3.05, 3.63) is 65.5 Å². The Morgan fingerprint density at radius 3 is 2.32 bits per heavy atom. The number of hydrogen-bond donors (Lipinski definition) is 1. The Kier molecular flexibility index (Phi) is 5.48. The molecule has 1 aliphatic heterocycles. The van der Waals surface area contributed by atoms with Crippen LogP contribution in [0.15, 0.2) is 64.9 Å². The van der Waals surface area contributed by atoms with Gasteiger partial charge in [-0.05, 0) is 42.9 Å². The van der Waals surface area contributed by atoms with Crippen LogP contribution in [0.3, 0.4) is 0 Å². The highest BCUT2D eigenvalue weighted by molar-refractivity contribution is 7.89. The monoisotopic (exact) mass is 413 g/mol. The van der Waals surface area contributed by atoms with E-state index in [4.69, 9.17) is 5.73 Å². The number of aromatic nitrogens is 1. The van der Waals surface area contributed by atoms with E-state index in [0.29, 0.717) is 29.0 Å². The first-order chi connectivity index (χ1) is 13.5. The molecule has 0 spiro atoms. The first-order valence-corrected chi connectivity index (χ1v) is 11.7. The summed E-state index contributed by atoms with van der Waals surface area (Å²) in [5.41, 5.74) is 8.64. The number of benzene rings is 2. The highest BCUT2D eigenvalue weighted by Gasteiger charge is 2.29. The third kappa shape index (κ3) is 4.11. The van der Waals surface area contributed by atoms with E-state index >= 15 is 0 Å². The molecule has 0 atom stereocenters. The maximum absolute atomic E-state index is 13.0. The predicted octanol–water partition coefficient (Wildman–Crippen LogP) is 4.04. The molecule has 5 nitrogen and oxygen atoms in total. The lowest BCUT2D eigenvalue weighted by molar-refractivity contribution is 0.273. The molecular weight excluding hydrogens is 390 g/mol. The number of nitrogens with zero attached hydrogens (tertiary/aromatic N) is 2. The van der Waals surface area contributed by atoms with Gasteiger partial charge in [-0.3, -0.25) is 0 Å². The lowest BCUT2D eigenvalue weighted by Gasteiger charge is -2.31. The van der Waals surface area contributed by atoms with Crippen molar-refractivity contribution < 1.29 is 8.42 Å². The largest absolute Gasteiger partial charge is 0.375 e. The SMILES string of the molecule is Nc1nc(-c2ccc(S(=O)(=O)N3CCC(Cc4ccccc4)CC3)cc2)cs1. The molecule has 28 heavy (non-hydrogen) atoms. The van der Waals surface area contributed by atoms with E-state index in [2.05, 4.69) is 29.2 Å². The molecule has 0 saturated carbocycles. The topological polar surface area (TPSA) is 76.3 Å². The summed E-state index contributed by atoms with van der Waals surface area (Å²) in [7, 11) is -3.46. The Labute approximate surface area is 169 Å². The van der Waals surface area contributed by atoms with Crippen LogP contribution in [0.1, 0.15) is 18.4 Å². The molecule has 1 aliphatic rings. The number of anilines is 1. The fourth-order valence-corrected chi connectivity index (χ4v) is 5.71. The van der Waals surface area contributed by atoms with Gasteiger partial charge in [0.25, 0.3) is 0 Å². The molecule has 3 aromatic rings. The zero-order chi connectivity index (χ0) is 19.6. The molecule has 1 fully saturated rings. The summed E-state index contributed by atoms with van der Waals surface area (Å²) in [5.74, 6) is 0.534. The van der Waals surface area contributed by atoms with Crippen LogP contribution >= 0.6 is 11.3 Å². The minimum Gasteiger partial charge on any atom is -0.375 e. The van der Waals surface area contributed by atoms with E-state index in [1.807, 2.05) is 11.4 Å². The van der Waals surface area contributed by atoms with Crippen molar-refractivity contribution in [2.45, 2.75) is 24.2 Å². The quantitative estimate of drug-likeness (QED) is 0.685. The van der Waals surface area contributed by atoms with Gasteiger partial charge in [-0.15, -0.1) is 11.3 Å². The van der Waals surface area contributed by atoms with E-state index in [0.717, 1.165) is 30.5 Å². The van der Waals surface area contributed by atoms with Crippen LogP contribution in [0, 0.1) is 5.92 Å². The van der Waals surface area contributed by atoms with Crippen molar-refractivity contribution in [1.82, 2.24) is 9.29 Å². The van der Waals surface area contributed by atoms with Gasteiger partial charge in [-0.2, -0.15) is 4.31 Å². The van der Waals surface area contributed by atoms with Crippen molar-refractivity contribution >= 4 is 26.5 Å². The first kappa shape index (κ1) is 19.1. The van der Waals surface area contributed by atoms with E-state index < -0.39 is 10.0 Å². The number of nitrogens with two attached hydrogens (primary N) is 1. The molecule has 4 rings (SSSR count). The predicted molar refractivity (Wildman–Crippen MR) is 114 cm³/mol. The Hall–Kier alpha value is -2.22. The molecule has 2 heterocycles. The summed E-state index contributed by atoms with van der Waals surface area (Å²) in [6, 6.07) is 17.3. The van der Waals surface area contributed by atoms with Crippen LogP contribution < -0.4 is 5.73 Å². The summed E-state index contributed by atoms with van der Waals surface area (Å²) in [4.78, 5) is 4.58. The molecule has 2 aromatic carbocycles. The van der Waals surface area contributed by atoms with Crippen molar-refractivity contribution in [2.24, 2.45) is 5.92 Å². The number of nitrogen functional groups attached to an aromatic ring is 1. The van der Waals surface area contributed by atoms with Crippen LogP contribution in [-0.4, -0.2) is 30.8 Å². The second kappa shape index (κ2) is 8.03. The van der Waals surface area contributed by atoms with Gasteiger partial charge in [-0.1, -0.05) is 42.5 Å². The van der Waals surface area contributed by atoms with Gasteiger partial charge in [0.2, 0.25) is 10.0 Å². The lowest BCUT2D eigenvalue weighted by atomic mass is 9.91. The maximum Gasteiger partial charge on any atom is 0.243 e. The second-order valence-electron chi connectivity index (χ2n) is 7.13. The summed E-state index contributed by atoms with van der Waals surface area (Å²) < 4.78 is 27.6. The van der Waals surface area contributed by atoms with Crippen LogP contribution in [0.5, 0.6) is 0 Å². The molecule has 146 valence electrons. The smallest absolute Gasteiger partial charge is 0.243 e. The second-order valence-corrected chi connectivity index (χ2v) is 9.96. The molecule has 0 aliphatic carbocycles. The van der Waals surface area contributed by atoms with Crippen LogP contribution in [0.2, 0.25) is 0 Å². The Balaban J connectivity index is 1.41. The highest BCUT2D eigenvalue weighted by Crippen LogP contribution is 2.28. The zero-order valence-electron chi connectivity index (χ0n) is 15.5. The Morgan fingerprint density at radius 1 is 1.04 bits per heavy atom. The van der Waals surface area contributed by atoms with E-state index in [1.165, 1.54) is 16.9 Å². The maximum atomic E-state index is 13.0. The van der Waals surface area contributed by atoms with Crippen molar-refractivity contribution in [3.63, 3.8) is 0 Å². The summed E-state index contributed by atoms with van der Waals surface area (Å²) in [5, 5.41) is 2.38. The van der Waals surface area contributed by atoms with Crippen LogP contribution in [-0.2, 0) is 16.4 Å². The molecule has 0 bridgehead atoms. The lowest BCUT2D eigenvalue weighted by Crippen LogP contribution is -2.38. The van der Waals surface area contributed by atoms with Gasteiger partial charge in [0, 0.05) is 24.0 Å². The van der Waals surface area contributed by atoms with Crippen LogP contribution in [0.4, 0.5) is 5.13 Å². The number of thiazole rings is 1. The van der Waals surface area contributed by atoms with Crippen molar-refractivity contribution in [2.75, 3.05) is 18.8 Å². The van der Waals surface area contributed by atoms with E-state index in [1.54, 1.807) is 28.6 Å². The van der Waals surface area contributed by atoms with Crippen LogP contribution in [0.25, 0.3) is 11.3 Å². The van der Waals surface area contributed by atoms with E-state index in [-0.39, 0.29) is 0 Å². The fraction of sp³-hybridized carbons (Fsp3) is 0.286. The number of hydrogen-bond acceptors (Lipinski definition) is 5. The third-order valence-corrected chi connectivity index (χ3v) is 7.84. The van der Waals surface area contributed by atoms with E-state index in [9.17, 15) is 8.42 Å². The summed E-state index contributed by atoms with van der Waals surface area (Å²) >= 11 is 1.37. The molecular formula is C21H23N3O2S2. The molecule has 0 amide bonds. The van der Waals surface area contributed by atoms with Crippen molar-refractivity contribution in [1.29, 1.82) is 0 Å². The average molecular weight is 414 g/mol. The highest BCUT2D eigenvalue weighted by atomic mass is 32.2. The normalized spacial score (nSPS) is 16.3.